The smallest absolute Gasteiger partial charge is 0.287 e. The zero-order chi connectivity index (χ0) is 17.3. The second-order valence-corrected chi connectivity index (χ2v) is 5.65. The van der Waals surface area contributed by atoms with Gasteiger partial charge in [0.25, 0.3) is 17.7 Å². The van der Waals surface area contributed by atoms with Gasteiger partial charge in [0.1, 0.15) is 13.2 Å². The first kappa shape index (κ1) is 15.8. The van der Waals surface area contributed by atoms with Gasteiger partial charge < -0.3 is 24.9 Å². The molecule has 0 aromatic carbocycles. The van der Waals surface area contributed by atoms with Crippen LogP contribution in [-0.4, -0.2) is 35.0 Å². The quantitative estimate of drug-likeness (QED) is 0.838. The third-order valence-electron chi connectivity index (χ3n) is 3.37. The van der Waals surface area contributed by atoms with Crippen LogP contribution >= 0.6 is 0 Å². The van der Waals surface area contributed by atoms with E-state index in [2.05, 4.69) is 15.3 Å². The SMILES string of the molecule is CC(C)(NC(=O)c1ccco1)c1nc2c(c(C(N)=O)n1)OCCO2. The monoisotopic (exact) mass is 332 g/mol. The molecular formula is C15H16N4O5. The molecule has 1 aliphatic heterocycles. The van der Waals surface area contributed by atoms with E-state index in [1.165, 1.54) is 12.3 Å². The van der Waals surface area contributed by atoms with Crippen molar-refractivity contribution < 1.29 is 23.5 Å². The van der Waals surface area contributed by atoms with Crippen LogP contribution in [0, 0.1) is 0 Å². The first-order chi connectivity index (χ1) is 11.4. The van der Waals surface area contributed by atoms with Crippen LogP contribution in [-0.2, 0) is 5.54 Å². The normalized spacial score (nSPS) is 13.4. The molecule has 1 aliphatic rings. The Labute approximate surface area is 137 Å². The molecule has 0 unspecified atom stereocenters. The van der Waals surface area contributed by atoms with E-state index in [1.807, 2.05) is 0 Å². The number of hydrogen-bond donors (Lipinski definition) is 2. The predicted molar refractivity (Wildman–Crippen MR) is 80.7 cm³/mol. The highest BCUT2D eigenvalue weighted by atomic mass is 16.6. The Morgan fingerprint density at radius 3 is 2.67 bits per heavy atom. The average molecular weight is 332 g/mol. The van der Waals surface area contributed by atoms with Gasteiger partial charge in [-0.3, -0.25) is 9.59 Å². The highest BCUT2D eigenvalue weighted by Crippen LogP contribution is 2.33. The van der Waals surface area contributed by atoms with Crippen molar-refractivity contribution in [2.45, 2.75) is 19.4 Å². The Morgan fingerprint density at radius 1 is 1.25 bits per heavy atom. The van der Waals surface area contributed by atoms with Crippen LogP contribution in [0.3, 0.4) is 0 Å². The molecule has 0 bridgehead atoms. The number of fused-ring (bicyclic) bond motifs is 1. The van der Waals surface area contributed by atoms with Crippen LogP contribution in [0.15, 0.2) is 22.8 Å². The molecular weight excluding hydrogens is 316 g/mol. The Hall–Kier alpha value is -3.10. The zero-order valence-corrected chi connectivity index (χ0v) is 13.2. The molecule has 2 aromatic heterocycles. The molecule has 2 aromatic rings. The Balaban J connectivity index is 1.96. The summed E-state index contributed by atoms with van der Waals surface area (Å²) in [7, 11) is 0. The molecule has 0 spiro atoms. The molecule has 0 atom stereocenters. The van der Waals surface area contributed by atoms with Gasteiger partial charge in [-0.2, -0.15) is 4.98 Å². The Morgan fingerprint density at radius 2 is 2.00 bits per heavy atom. The number of ether oxygens (including phenoxy) is 2. The van der Waals surface area contributed by atoms with E-state index in [0.717, 1.165) is 0 Å². The molecule has 24 heavy (non-hydrogen) atoms. The van der Waals surface area contributed by atoms with Crippen molar-refractivity contribution in [3.63, 3.8) is 0 Å². The second kappa shape index (κ2) is 5.84. The van der Waals surface area contributed by atoms with Crippen LogP contribution in [0.1, 0.15) is 40.7 Å². The van der Waals surface area contributed by atoms with E-state index >= 15 is 0 Å². The third-order valence-corrected chi connectivity index (χ3v) is 3.37. The molecule has 2 amide bonds. The largest absolute Gasteiger partial charge is 0.483 e. The molecule has 0 saturated carbocycles. The van der Waals surface area contributed by atoms with Gasteiger partial charge >= 0.3 is 0 Å². The number of nitrogens with zero attached hydrogens (tertiary/aromatic N) is 2. The maximum Gasteiger partial charge on any atom is 0.287 e. The topological polar surface area (TPSA) is 130 Å². The fourth-order valence-electron chi connectivity index (χ4n) is 2.20. The van der Waals surface area contributed by atoms with Gasteiger partial charge in [0, 0.05) is 0 Å². The number of primary amides is 1. The van der Waals surface area contributed by atoms with Crippen molar-refractivity contribution in [3.8, 4) is 11.6 Å². The molecule has 3 N–H and O–H groups in total. The molecule has 9 nitrogen and oxygen atoms in total. The number of aromatic nitrogens is 2. The molecule has 126 valence electrons. The molecule has 9 heteroatoms. The number of amides is 2. The van der Waals surface area contributed by atoms with Gasteiger partial charge in [-0.15, -0.1) is 0 Å². The third kappa shape index (κ3) is 2.87. The highest BCUT2D eigenvalue weighted by molar-refractivity contribution is 5.94. The summed E-state index contributed by atoms with van der Waals surface area (Å²) in [6, 6.07) is 3.14. The lowest BCUT2D eigenvalue weighted by atomic mass is 10.0. The summed E-state index contributed by atoms with van der Waals surface area (Å²) in [6.45, 7) is 3.93. The zero-order valence-electron chi connectivity index (χ0n) is 13.2. The summed E-state index contributed by atoms with van der Waals surface area (Å²) >= 11 is 0. The lowest BCUT2D eigenvalue weighted by Gasteiger charge is -2.26. The molecule has 0 aliphatic carbocycles. The molecule has 0 fully saturated rings. The molecule has 0 saturated heterocycles. The molecule has 3 rings (SSSR count). The predicted octanol–water partition coefficient (Wildman–Crippen LogP) is 0.605. The van der Waals surface area contributed by atoms with Crippen LogP contribution < -0.4 is 20.5 Å². The van der Waals surface area contributed by atoms with E-state index in [0.29, 0.717) is 6.61 Å². The number of nitrogens with one attached hydrogen (secondary N) is 1. The van der Waals surface area contributed by atoms with Crippen molar-refractivity contribution in [1.29, 1.82) is 0 Å². The number of nitrogens with two attached hydrogens (primary N) is 1. The highest BCUT2D eigenvalue weighted by Gasteiger charge is 2.32. The van der Waals surface area contributed by atoms with Gasteiger partial charge in [0.05, 0.1) is 11.8 Å². The van der Waals surface area contributed by atoms with Crippen LogP contribution in [0.5, 0.6) is 11.6 Å². The Kier molecular flexibility index (Phi) is 3.84. The molecule has 3 heterocycles. The lowest BCUT2D eigenvalue weighted by Crippen LogP contribution is -2.43. The Bertz CT molecular complexity index is 785. The maximum absolute atomic E-state index is 12.2. The van der Waals surface area contributed by atoms with E-state index in [1.54, 1.807) is 19.9 Å². The average Bonchev–Trinajstić information content (AvgIpc) is 3.07. The van der Waals surface area contributed by atoms with Gasteiger partial charge in [0.2, 0.25) is 5.75 Å². The van der Waals surface area contributed by atoms with E-state index in [9.17, 15) is 9.59 Å². The summed E-state index contributed by atoms with van der Waals surface area (Å²) in [5, 5.41) is 2.74. The number of rotatable bonds is 4. The minimum absolute atomic E-state index is 0.0879. The fraction of sp³-hybridized carbons (Fsp3) is 0.333. The van der Waals surface area contributed by atoms with Crippen LogP contribution in [0.25, 0.3) is 0 Å². The summed E-state index contributed by atoms with van der Waals surface area (Å²) in [5.41, 5.74) is 4.26. The molecule has 0 radical (unpaired) electrons. The van der Waals surface area contributed by atoms with Crippen molar-refractivity contribution in [2.75, 3.05) is 13.2 Å². The van der Waals surface area contributed by atoms with Gasteiger partial charge in [0.15, 0.2) is 17.3 Å². The van der Waals surface area contributed by atoms with E-state index in [4.69, 9.17) is 19.6 Å². The van der Waals surface area contributed by atoms with Gasteiger partial charge in [-0.05, 0) is 26.0 Å². The maximum atomic E-state index is 12.2. The van der Waals surface area contributed by atoms with E-state index in [-0.39, 0.29) is 35.5 Å². The lowest BCUT2D eigenvalue weighted by molar-refractivity contribution is 0.0878. The number of carbonyl (C=O) groups excluding carboxylic acids is 2. The number of furan rings is 1. The first-order valence-corrected chi connectivity index (χ1v) is 7.22. The van der Waals surface area contributed by atoms with Crippen molar-refractivity contribution in [2.24, 2.45) is 5.73 Å². The fourth-order valence-corrected chi connectivity index (χ4v) is 2.20. The number of carbonyl (C=O) groups is 2. The summed E-state index contributed by atoms with van der Waals surface area (Å²) < 4.78 is 15.8. The summed E-state index contributed by atoms with van der Waals surface area (Å²) in [4.78, 5) is 32.3. The van der Waals surface area contributed by atoms with Gasteiger partial charge in [-0.1, -0.05) is 0 Å². The number of hydrogen-bond acceptors (Lipinski definition) is 7. The second-order valence-electron chi connectivity index (χ2n) is 5.65. The summed E-state index contributed by atoms with van der Waals surface area (Å²) in [5.74, 6) is -0.653. The van der Waals surface area contributed by atoms with Crippen LogP contribution in [0.4, 0.5) is 0 Å². The van der Waals surface area contributed by atoms with Crippen molar-refractivity contribution >= 4 is 11.8 Å². The minimum atomic E-state index is -1.01. The minimum Gasteiger partial charge on any atom is -0.483 e. The van der Waals surface area contributed by atoms with E-state index < -0.39 is 17.4 Å². The van der Waals surface area contributed by atoms with Crippen molar-refractivity contribution in [3.05, 3.63) is 35.7 Å². The van der Waals surface area contributed by atoms with Gasteiger partial charge in [-0.25, -0.2) is 4.98 Å². The van der Waals surface area contributed by atoms with Crippen LogP contribution in [0.2, 0.25) is 0 Å². The standard InChI is InChI=1S/C15H16N4O5/c1-15(2,19-12(21)8-4-3-5-22-8)14-17-9(11(16)20)10-13(18-14)24-7-6-23-10/h3-5H,6-7H2,1-2H3,(H2,16,20)(H,19,21). The first-order valence-electron chi connectivity index (χ1n) is 7.22. The summed E-state index contributed by atoms with van der Waals surface area (Å²) in [6.07, 6.45) is 1.40. The van der Waals surface area contributed by atoms with Crippen molar-refractivity contribution in [1.82, 2.24) is 15.3 Å².